The summed E-state index contributed by atoms with van der Waals surface area (Å²) in [6.07, 6.45) is 1.31. The van der Waals surface area contributed by atoms with Crippen molar-refractivity contribution in [2.45, 2.75) is 31.1 Å². The minimum Gasteiger partial charge on any atom is -0.324 e. The fourth-order valence-corrected chi connectivity index (χ4v) is 4.00. The molecule has 0 saturated carbocycles. The molecule has 1 nitrogen and oxygen atoms in total. The smallest absolute Gasteiger partial charge is 0.119 e. The van der Waals surface area contributed by atoms with Gasteiger partial charge in [0.25, 0.3) is 0 Å². The molecule has 11 heavy (non-hydrogen) atoms. The number of thioether (sulfide) groups is 1. The Morgan fingerprint density at radius 1 is 1.45 bits per heavy atom. The Bertz CT molecular complexity index is 146. The second-order valence-corrected chi connectivity index (χ2v) is 5.75. The van der Waals surface area contributed by atoms with Crippen molar-refractivity contribution in [2.24, 2.45) is 0 Å². The lowest BCUT2D eigenvalue weighted by Gasteiger charge is -2.55. The van der Waals surface area contributed by atoms with E-state index in [0.29, 0.717) is 5.54 Å². The van der Waals surface area contributed by atoms with Gasteiger partial charge in [0.05, 0.1) is 32.1 Å². The summed E-state index contributed by atoms with van der Waals surface area (Å²) >= 11 is 2.10. The maximum atomic E-state index is 2.36. The largest absolute Gasteiger partial charge is 0.324 e. The Hall–Kier alpha value is 0.310. The Morgan fingerprint density at radius 2 is 2.00 bits per heavy atom. The van der Waals surface area contributed by atoms with Crippen LogP contribution in [0, 0.1) is 0 Å². The second-order valence-electron chi connectivity index (χ2n) is 4.42. The van der Waals surface area contributed by atoms with E-state index in [1.165, 1.54) is 12.2 Å². The first-order chi connectivity index (χ1) is 4.94. The molecule has 0 spiro atoms. The van der Waals surface area contributed by atoms with Gasteiger partial charge in [0.1, 0.15) is 5.54 Å². The summed E-state index contributed by atoms with van der Waals surface area (Å²) in [4.78, 5) is 0. The van der Waals surface area contributed by atoms with Gasteiger partial charge in [-0.2, -0.15) is 0 Å². The molecule has 66 valence electrons. The molecule has 1 fully saturated rings. The highest BCUT2D eigenvalue weighted by molar-refractivity contribution is 8.01. The predicted octanol–water partition coefficient (Wildman–Crippen LogP) is 1.98. The van der Waals surface area contributed by atoms with Crippen molar-refractivity contribution in [3.63, 3.8) is 0 Å². The maximum absolute atomic E-state index is 2.36. The van der Waals surface area contributed by atoms with Crippen LogP contribution < -0.4 is 0 Å². The van der Waals surface area contributed by atoms with Crippen LogP contribution in [0.15, 0.2) is 0 Å². The summed E-state index contributed by atoms with van der Waals surface area (Å²) in [6, 6.07) is 0. The summed E-state index contributed by atoms with van der Waals surface area (Å²) < 4.78 is 1.12. The van der Waals surface area contributed by atoms with Gasteiger partial charge in [-0.05, 0) is 6.92 Å². The van der Waals surface area contributed by atoms with Crippen molar-refractivity contribution in [2.75, 3.05) is 26.9 Å². The number of quaternary nitrogens is 1. The van der Waals surface area contributed by atoms with Crippen molar-refractivity contribution in [1.82, 2.24) is 0 Å². The minimum atomic E-state index is 0.560. The lowest BCUT2D eigenvalue weighted by atomic mass is 9.90. The van der Waals surface area contributed by atoms with Crippen molar-refractivity contribution in [3.8, 4) is 0 Å². The first kappa shape index (κ1) is 9.40. The average molecular weight is 174 g/mol. The fourth-order valence-electron chi connectivity index (χ4n) is 2.05. The van der Waals surface area contributed by atoms with Gasteiger partial charge in [-0.15, -0.1) is 11.8 Å². The Morgan fingerprint density at radius 3 is 2.00 bits per heavy atom. The number of nitrogens with zero attached hydrogens (tertiary/aromatic N) is 1. The zero-order valence-corrected chi connectivity index (χ0v) is 9.16. The third-order valence-corrected chi connectivity index (χ3v) is 4.89. The first-order valence-corrected chi connectivity index (χ1v) is 5.42. The van der Waals surface area contributed by atoms with E-state index in [0.717, 1.165) is 9.73 Å². The molecule has 0 amide bonds. The highest BCUT2D eigenvalue weighted by Gasteiger charge is 2.53. The molecule has 0 aromatic heterocycles. The van der Waals surface area contributed by atoms with E-state index in [4.69, 9.17) is 0 Å². The van der Waals surface area contributed by atoms with E-state index in [1.54, 1.807) is 0 Å². The number of hydrogen-bond donors (Lipinski definition) is 0. The topological polar surface area (TPSA) is 0 Å². The second kappa shape index (κ2) is 2.67. The van der Waals surface area contributed by atoms with E-state index >= 15 is 0 Å². The molecule has 0 aromatic carbocycles. The molecule has 1 rings (SSSR count). The van der Waals surface area contributed by atoms with Gasteiger partial charge in [-0.3, -0.25) is 0 Å². The molecule has 1 aliphatic rings. The minimum absolute atomic E-state index is 0.560. The Balaban J connectivity index is 2.77. The molecule has 2 heteroatoms. The molecule has 0 unspecified atom stereocenters. The molecule has 2 atom stereocenters. The van der Waals surface area contributed by atoms with Crippen LogP contribution in [0.3, 0.4) is 0 Å². The summed E-state index contributed by atoms with van der Waals surface area (Å²) in [5.74, 6) is 1.34. The summed E-state index contributed by atoms with van der Waals surface area (Å²) in [7, 11) is 6.96. The molecule has 0 bridgehead atoms. The van der Waals surface area contributed by atoms with Crippen molar-refractivity contribution < 1.29 is 4.48 Å². The van der Waals surface area contributed by atoms with E-state index in [1.807, 2.05) is 0 Å². The van der Waals surface area contributed by atoms with E-state index in [2.05, 4.69) is 46.8 Å². The quantitative estimate of drug-likeness (QED) is 0.577. The van der Waals surface area contributed by atoms with E-state index in [9.17, 15) is 0 Å². The zero-order valence-electron chi connectivity index (χ0n) is 8.35. The first-order valence-electron chi connectivity index (χ1n) is 4.37. The molecule has 0 N–H and O–H groups in total. The average Bonchev–Trinajstić information content (AvgIpc) is 1.84. The van der Waals surface area contributed by atoms with Crippen LogP contribution in [-0.4, -0.2) is 42.2 Å². The molecule has 0 aromatic rings. The Labute approximate surface area is 74.7 Å². The number of hydrogen-bond acceptors (Lipinski definition) is 1. The highest BCUT2D eigenvalue weighted by atomic mass is 32.2. The van der Waals surface area contributed by atoms with Crippen LogP contribution in [-0.2, 0) is 0 Å². The van der Waals surface area contributed by atoms with Gasteiger partial charge in [0, 0.05) is 6.42 Å². The number of rotatable bonds is 2. The van der Waals surface area contributed by atoms with Crippen LogP contribution in [0.5, 0.6) is 0 Å². The van der Waals surface area contributed by atoms with Gasteiger partial charge < -0.3 is 4.48 Å². The zero-order chi connectivity index (χ0) is 8.70. The van der Waals surface area contributed by atoms with Crippen molar-refractivity contribution in [3.05, 3.63) is 0 Å². The summed E-state index contributed by atoms with van der Waals surface area (Å²) in [5.41, 5.74) is 0.560. The molecule has 1 aliphatic heterocycles. The van der Waals surface area contributed by atoms with Crippen LogP contribution >= 0.6 is 11.8 Å². The van der Waals surface area contributed by atoms with Crippen LogP contribution in [0.1, 0.15) is 20.3 Å². The van der Waals surface area contributed by atoms with Gasteiger partial charge in [-0.1, -0.05) is 6.92 Å². The SMILES string of the molecule is CC[C@@]1([N+](C)(C)C)CS[C@H]1C. The van der Waals surface area contributed by atoms with Gasteiger partial charge in [-0.25, -0.2) is 0 Å². The molecule has 1 heterocycles. The molecule has 0 radical (unpaired) electrons. The molecule has 0 aliphatic carbocycles. The van der Waals surface area contributed by atoms with Crippen LogP contribution in [0.2, 0.25) is 0 Å². The third kappa shape index (κ3) is 1.20. The predicted molar refractivity (Wildman–Crippen MR) is 53.0 cm³/mol. The monoisotopic (exact) mass is 174 g/mol. The summed E-state index contributed by atoms with van der Waals surface area (Å²) in [5, 5.41) is 0.840. The molecular formula is C9H20NS+. The van der Waals surface area contributed by atoms with Crippen molar-refractivity contribution >= 4 is 11.8 Å². The standard InChI is InChI=1S/C9H20NS/c1-6-9(10(3,4)5)7-11-8(9)2/h8H,6-7H2,1-5H3/q+1/t8-,9+/m0/s1. The maximum Gasteiger partial charge on any atom is 0.119 e. The molecule has 1 saturated heterocycles. The fraction of sp³-hybridized carbons (Fsp3) is 1.00. The van der Waals surface area contributed by atoms with Crippen molar-refractivity contribution in [1.29, 1.82) is 0 Å². The third-order valence-electron chi connectivity index (χ3n) is 3.29. The van der Waals surface area contributed by atoms with Gasteiger partial charge >= 0.3 is 0 Å². The Kier molecular flexibility index (Phi) is 2.28. The normalized spacial score (nSPS) is 38.5. The van der Waals surface area contributed by atoms with E-state index < -0.39 is 0 Å². The summed E-state index contributed by atoms with van der Waals surface area (Å²) in [6.45, 7) is 4.68. The van der Waals surface area contributed by atoms with Crippen LogP contribution in [0.4, 0.5) is 0 Å². The van der Waals surface area contributed by atoms with E-state index in [-0.39, 0.29) is 0 Å². The molecular weight excluding hydrogens is 154 g/mol. The van der Waals surface area contributed by atoms with Crippen LogP contribution in [0.25, 0.3) is 0 Å². The lowest BCUT2D eigenvalue weighted by molar-refractivity contribution is -0.922. The highest BCUT2D eigenvalue weighted by Crippen LogP contribution is 2.46. The van der Waals surface area contributed by atoms with Gasteiger partial charge in [0.2, 0.25) is 0 Å². The van der Waals surface area contributed by atoms with Gasteiger partial charge in [0.15, 0.2) is 0 Å². The lowest BCUT2D eigenvalue weighted by Crippen LogP contribution is -2.68.